The summed E-state index contributed by atoms with van der Waals surface area (Å²) >= 11 is 3.13. The highest BCUT2D eigenvalue weighted by atomic mass is 79.9. The molecule has 18 heavy (non-hydrogen) atoms. The van der Waals surface area contributed by atoms with Gasteiger partial charge in [-0.3, -0.25) is 4.79 Å². The molecule has 2 aromatic carbocycles. The van der Waals surface area contributed by atoms with Crippen molar-refractivity contribution in [2.45, 2.75) is 0 Å². The molecule has 92 valence electrons. The summed E-state index contributed by atoms with van der Waals surface area (Å²) in [5.41, 5.74) is 0.429. The Kier molecular flexibility index (Phi) is 3.62. The Morgan fingerprint density at radius 3 is 2.44 bits per heavy atom. The van der Waals surface area contributed by atoms with E-state index < -0.39 is 11.7 Å². The monoisotopic (exact) mass is 309 g/mol. The number of benzene rings is 2. The molecule has 0 fully saturated rings. The number of phenolic OH excluding ortho intramolecular Hbond substituents is 1. The third kappa shape index (κ3) is 2.68. The third-order valence-corrected chi connectivity index (χ3v) is 2.98. The van der Waals surface area contributed by atoms with Gasteiger partial charge in [-0.15, -0.1) is 0 Å². The topological polar surface area (TPSA) is 49.3 Å². The lowest BCUT2D eigenvalue weighted by atomic mass is 10.2. The van der Waals surface area contributed by atoms with E-state index in [1.165, 1.54) is 36.4 Å². The summed E-state index contributed by atoms with van der Waals surface area (Å²) in [6.07, 6.45) is 0. The van der Waals surface area contributed by atoms with Gasteiger partial charge in [0.25, 0.3) is 5.91 Å². The van der Waals surface area contributed by atoms with Gasteiger partial charge in [-0.05, 0) is 52.3 Å². The van der Waals surface area contributed by atoms with Crippen LogP contribution in [0, 0.1) is 5.82 Å². The Morgan fingerprint density at radius 1 is 1.17 bits per heavy atom. The molecule has 0 aromatic heterocycles. The highest BCUT2D eigenvalue weighted by Crippen LogP contribution is 2.21. The van der Waals surface area contributed by atoms with Gasteiger partial charge in [0.1, 0.15) is 11.6 Å². The van der Waals surface area contributed by atoms with Crippen LogP contribution < -0.4 is 5.32 Å². The van der Waals surface area contributed by atoms with Crippen molar-refractivity contribution >= 4 is 27.5 Å². The number of nitrogens with one attached hydrogen (secondary N) is 1. The molecule has 0 atom stereocenters. The summed E-state index contributed by atoms with van der Waals surface area (Å²) in [7, 11) is 0. The van der Waals surface area contributed by atoms with Crippen LogP contribution in [0.3, 0.4) is 0 Å². The van der Waals surface area contributed by atoms with Crippen LogP contribution in [-0.4, -0.2) is 11.0 Å². The van der Waals surface area contributed by atoms with Crippen molar-refractivity contribution in [1.82, 2.24) is 0 Å². The minimum atomic E-state index is -0.597. The summed E-state index contributed by atoms with van der Waals surface area (Å²) < 4.78 is 13.9. The van der Waals surface area contributed by atoms with Crippen LogP contribution in [0.5, 0.6) is 5.75 Å². The van der Waals surface area contributed by atoms with Gasteiger partial charge in [-0.25, -0.2) is 4.39 Å². The zero-order valence-corrected chi connectivity index (χ0v) is 10.7. The van der Waals surface area contributed by atoms with Crippen molar-refractivity contribution in [1.29, 1.82) is 0 Å². The average molecular weight is 310 g/mol. The molecular weight excluding hydrogens is 301 g/mol. The first-order chi connectivity index (χ1) is 8.58. The van der Waals surface area contributed by atoms with E-state index in [1.807, 2.05) is 0 Å². The predicted octanol–water partition coefficient (Wildman–Crippen LogP) is 3.55. The highest BCUT2D eigenvalue weighted by Gasteiger charge is 2.15. The molecule has 1 amide bonds. The molecule has 3 nitrogen and oxygen atoms in total. The van der Waals surface area contributed by atoms with Gasteiger partial charge in [0, 0.05) is 10.2 Å². The number of amides is 1. The van der Waals surface area contributed by atoms with E-state index in [2.05, 4.69) is 21.2 Å². The van der Waals surface area contributed by atoms with Crippen LogP contribution in [0.15, 0.2) is 46.9 Å². The predicted molar refractivity (Wildman–Crippen MR) is 70.2 cm³/mol. The van der Waals surface area contributed by atoms with Crippen LogP contribution in [0.2, 0.25) is 0 Å². The summed E-state index contributed by atoms with van der Waals surface area (Å²) in [4.78, 5) is 11.9. The number of phenols is 1. The first-order valence-electron chi connectivity index (χ1n) is 5.12. The van der Waals surface area contributed by atoms with Crippen molar-refractivity contribution in [3.05, 3.63) is 58.3 Å². The lowest BCUT2D eigenvalue weighted by Crippen LogP contribution is -2.14. The molecule has 0 unspecified atom stereocenters. The quantitative estimate of drug-likeness (QED) is 0.834. The van der Waals surface area contributed by atoms with Gasteiger partial charge < -0.3 is 10.4 Å². The minimum Gasteiger partial charge on any atom is -0.508 e. The second-order valence-electron chi connectivity index (χ2n) is 3.60. The lowest BCUT2D eigenvalue weighted by Gasteiger charge is -2.07. The van der Waals surface area contributed by atoms with Crippen LogP contribution in [0.4, 0.5) is 10.1 Å². The van der Waals surface area contributed by atoms with Crippen molar-refractivity contribution < 1.29 is 14.3 Å². The summed E-state index contributed by atoms with van der Waals surface area (Å²) in [5, 5.41) is 11.7. The Bertz CT molecular complexity index is 564. The Morgan fingerprint density at radius 2 is 1.83 bits per heavy atom. The zero-order valence-electron chi connectivity index (χ0n) is 9.15. The smallest absolute Gasteiger partial charge is 0.259 e. The van der Waals surface area contributed by atoms with Crippen molar-refractivity contribution in [3.8, 4) is 5.75 Å². The van der Waals surface area contributed by atoms with Gasteiger partial charge in [-0.1, -0.05) is 6.07 Å². The second kappa shape index (κ2) is 5.18. The normalized spacial score (nSPS) is 10.1. The lowest BCUT2D eigenvalue weighted by molar-refractivity contribution is 0.102. The molecule has 5 heteroatoms. The van der Waals surface area contributed by atoms with E-state index in [0.717, 1.165) is 0 Å². The maximum Gasteiger partial charge on any atom is 0.259 e. The highest BCUT2D eigenvalue weighted by molar-refractivity contribution is 9.10. The van der Waals surface area contributed by atoms with Gasteiger partial charge >= 0.3 is 0 Å². The summed E-state index contributed by atoms with van der Waals surface area (Å²) in [6.45, 7) is 0. The fourth-order valence-electron chi connectivity index (χ4n) is 1.45. The number of carbonyl (C=O) groups is 1. The number of carbonyl (C=O) groups excluding carboxylic acids is 1. The van der Waals surface area contributed by atoms with Gasteiger partial charge in [-0.2, -0.15) is 0 Å². The third-order valence-electron chi connectivity index (χ3n) is 2.31. The number of aromatic hydroxyl groups is 1. The molecule has 0 bridgehead atoms. The molecule has 0 aliphatic rings. The Labute approximate surface area is 111 Å². The number of rotatable bonds is 2. The average Bonchev–Trinajstić information content (AvgIpc) is 2.32. The van der Waals surface area contributed by atoms with Gasteiger partial charge in [0.2, 0.25) is 0 Å². The van der Waals surface area contributed by atoms with Crippen molar-refractivity contribution in [2.24, 2.45) is 0 Å². The SMILES string of the molecule is O=C(Nc1ccc(O)cc1)c1c(F)cccc1Br. The summed E-state index contributed by atoms with van der Waals surface area (Å²) in [6, 6.07) is 10.3. The molecule has 0 saturated heterocycles. The first kappa shape index (κ1) is 12.6. The van der Waals surface area contributed by atoms with E-state index in [-0.39, 0.29) is 11.3 Å². The van der Waals surface area contributed by atoms with Crippen molar-refractivity contribution in [2.75, 3.05) is 5.32 Å². The molecule has 0 heterocycles. The minimum absolute atomic E-state index is 0.0504. The standard InChI is InChI=1S/C13H9BrFNO2/c14-10-2-1-3-11(15)12(10)13(18)16-8-4-6-9(17)7-5-8/h1-7,17H,(H,16,18). The molecule has 0 radical (unpaired) electrons. The largest absolute Gasteiger partial charge is 0.508 e. The van der Waals surface area contributed by atoms with Crippen LogP contribution in [0.25, 0.3) is 0 Å². The molecule has 0 aliphatic carbocycles. The molecular formula is C13H9BrFNO2. The van der Waals surface area contributed by atoms with E-state index in [1.54, 1.807) is 6.07 Å². The number of hydrogen-bond donors (Lipinski definition) is 2. The zero-order chi connectivity index (χ0) is 13.1. The molecule has 0 spiro atoms. The molecule has 0 aliphatic heterocycles. The maximum absolute atomic E-state index is 13.5. The first-order valence-corrected chi connectivity index (χ1v) is 5.91. The van der Waals surface area contributed by atoms with E-state index in [4.69, 9.17) is 5.11 Å². The van der Waals surface area contributed by atoms with E-state index >= 15 is 0 Å². The molecule has 2 N–H and O–H groups in total. The van der Waals surface area contributed by atoms with Crippen LogP contribution >= 0.6 is 15.9 Å². The van der Waals surface area contributed by atoms with Gasteiger partial charge in [0.05, 0.1) is 5.56 Å². The fraction of sp³-hybridized carbons (Fsp3) is 0. The Balaban J connectivity index is 2.25. The van der Waals surface area contributed by atoms with Gasteiger partial charge in [0.15, 0.2) is 0 Å². The second-order valence-corrected chi connectivity index (χ2v) is 4.45. The Hall–Kier alpha value is -1.88. The molecule has 0 saturated carbocycles. The number of hydrogen-bond acceptors (Lipinski definition) is 2. The number of anilines is 1. The fourth-order valence-corrected chi connectivity index (χ4v) is 1.98. The number of halogens is 2. The van der Waals surface area contributed by atoms with Crippen molar-refractivity contribution in [3.63, 3.8) is 0 Å². The van der Waals surface area contributed by atoms with Crippen LogP contribution in [-0.2, 0) is 0 Å². The molecule has 2 aromatic rings. The maximum atomic E-state index is 13.5. The summed E-state index contributed by atoms with van der Waals surface area (Å²) in [5.74, 6) is -1.05. The molecule has 2 rings (SSSR count). The van der Waals surface area contributed by atoms with Crippen LogP contribution in [0.1, 0.15) is 10.4 Å². The van der Waals surface area contributed by atoms with E-state index in [0.29, 0.717) is 10.2 Å². The van der Waals surface area contributed by atoms with E-state index in [9.17, 15) is 9.18 Å².